The molecule has 106 valence electrons. The molecule has 2 aromatic carbocycles. The van der Waals surface area contributed by atoms with E-state index in [0.29, 0.717) is 0 Å². The lowest BCUT2D eigenvalue weighted by molar-refractivity contribution is 1.05. The summed E-state index contributed by atoms with van der Waals surface area (Å²) < 4.78 is 3.12. The van der Waals surface area contributed by atoms with Crippen molar-refractivity contribution in [1.82, 2.24) is 9.55 Å². The van der Waals surface area contributed by atoms with Crippen LogP contribution in [0.3, 0.4) is 0 Å². The summed E-state index contributed by atoms with van der Waals surface area (Å²) in [7, 11) is 0. The van der Waals surface area contributed by atoms with Crippen LogP contribution in [0, 0.1) is 6.92 Å². The van der Waals surface area contributed by atoms with E-state index in [1.807, 2.05) is 10.8 Å². The van der Waals surface area contributed by atoms with Crippen LogP contribution in [0.2, 0.25) is 0 Å². The number of anilines is 1. The summed E-state index contributed by atoms with van der Waals surface area (Å²) in [5.74, 6) is 0. The summed E-state index contributed by atoms with van der Waals surface area (Å²) in [5.41, 5.74) is 4.71. The smallest absolute Gasteiger partial charge is 0.0991 e. The van der Waals surface area contributed by atoms with Gasteiger partial charge in [0.05, 0.1) is 6.33 Å². The zero-order valence-electron chi connectivity index (χ0n) is 11.8. The van der Waals surface area contributed by atoms with Gasteiger partial charge in [-0.1, -0.05) is 24.3 Å². The number of hydrogen-bond donors (Lipinski definition) is 1. The Morgan fingerprint density at radius 2 is 1.95 bits per heavy atom. The van der Waals surface area contributed by atoms with Crippen LogP contribution in [-0.4, -0.2) is 9.55 Å². The Morgan fingerprint density at radius 1 is 1.14 bits per heavy atom. The molecule has 0 bridgehead atoms. The van der Waals surface area contributed by atoms with E-state index in [2.05, 4.69) is 75.6 Å². The van der Waals surface area contributed by atoms with Crippen LogP contribution >= 0.6 is 15.9 Å². The van der Waals surface area contributed by atoms with Gasteiger partial charge in [0.1, 0.15) is 0 Å². The Bertz CT molecular complexity index is 718. The molecule has 0 radical (unpaired) electrons. The van der Waals surface area contributed by atoms with E-state index in [0.717, 1.165) is 22.4 Å². The van der Waals surface area contributed by atoms with Crippen molar-refractivity contribution in [3.8, 4) is 5.69 Å². The second-order valence-electron chi connectivity index (χ2n) is 4.93. The van der Waals surface area contributed by atoms with Crippen LogP contribution in [0.15, 0.2) is 65.7 Å². The van der Waals surface area contributed by atoms with Crippen molar-refractivity contribution in [2.75, 3.05) is 5.32 Å². The second-order valence-corrected chi connectivity index (χ2v) is 5.72. The van der Waals surface area contributed by atoms with Crippen molar-refractivity contribution in [1.29, 1.82) is 0 Å². The van der Waals surface area contributed by atoms with Gasteiger partial charge >= 0.3 is 0 Å². The van der Waals surface area contributed by atoms with Crippen molar-refractivity contribution >= 4 is 21.6 Å². The molecule has 4 heteroatoms. The summed E-state index contributed by atoms with van der Waals surface area (Å²) in [5, 5.41) is 3.46. The number of aryl methyl sites for hydroxylation is 1. The molecule has 0 atom stereocenters. The fourth-order valence-corrected chi connectivity index (χ4v) is 2.58. The quantitative estimate of drug-likeness (QED) is 0.754. The molecule has 1 heterocycles. The van der Waals surface area contributed by atoms with E-state index in [9.17, 15) is 0 Å². The third kappa shape index (κ3) is 3.16. The summed E-state index contributed by atoms with van der Waals surface area (Å²) >= 11 is 3.62. The normalized spacial score (nSPS) is 10.6. The van der Waals surface area contributed by atoms with Gasteiger partial charge in [-0.15, -0.1) is 0 Å². The van der Waals surface area contributed by atoms with Gasteiger partial charge in [0, 0.05) is 34.8 Å². The molecule has 0 aliphatic carbocycles. The fourth-order valence-electron chi connectivity index (χ4n) is 2.18. The maximum atomic E-state index is 4.06. The Balaban J connectivity index is 1.70. The average molecular weight is 342 g/mol. The first-order valence-corrected chi connectivity index (χ1v) is 7.59. The van der Waals surface area contributed by atoms with Crippen LogP contribution in [0.25, 0.3) is 5.69 Å². The molecule has 0 fully saturated rings. The number of aromatic nitrogens is 2. The molecule has 0 amide bonds. The summed E-state index contributed by atoms with van der Waals surface area (Å²) in [6.07, 6.45) is 5.53. The Labute approximate surface area is 132 Å². The molecule has 1 N–H and O–H groups in total. The molecule has 21 heavy (non-hydrogen) atoms. The first-order chi connectivity index (χ1) is 10.2. The molecule has 0 spiro atoms. The number of hydrogen-bond acceptors (Lipinski definition) is 2. The molecule has 0 saturated carbocycles. The van der Waals surface area contributed by atoms with Gasteiger partial charge in [-0.05, 0) is 52.2 Å². The molecule has 0 saturated heterocycles. The largest absolute Gasteiger partial charge is 0.380 e. The second kappa shape index (κ2) is 6.14. The zero-order valence-corrected chi connectivity index (χ0v) is 13.3. The van der Waals surface area contributed by atoms with Crippen LogP contribution < -0.4 is 5.32 Å². The van der Waals surface area contributed by atoms with Crippen LogP contribution in [-0.2, 0) is 6.54 Å². The van der Waals surface area contributed by atoms with Gasteiger partial charge < -0.3 is 9.88 Å². The van der Waals surface area contributed by atoms with Crippen LogP contribution in [0.4, 0.5) is 5.69 Å². The number of nitrogens with zero attached hydrogens (tertiary/aromatic N) is 2. The molecule has 1 aromatic heterocycles. The predicted molar refractivity (Wildman–Crippen MR) is 89.8 cm³/mol. The Morgan fingerprint density at radius 3 is 2.67 bits per heavy atom. The van der Waals surface area contributed by atoms with Crippen LogP contribution in [0.5, 0.6) is 0 Å². The summed E-state index contributed by atoms with van der Waals surface area (Å²) in [4.78, 5) is 4.06. The van der Waals surface area contributed by atoms with Gasteiger partial charge in [0.15, 0.2) is 0 Å². The number of rotatable bonds is 4. The first kappa shape index (κ1) is 13.9. The molecule has 3 aromatic rings. The summed E-state index contributed by atoms with van der Waals surface area (Å²) in [6.45, 7) is 2.89. The molecule has 0 aliphatic rings. The zero-order chi connectivity index (χ0) is 14.7. The van der Waals surface area contributed by atoms with Crippen molar-refractivity contribution in [3.63, 3.8) is 0 Å². The molecule has 3 nitrogen and oxygen atoms in total. The number of imidazole rings is 1. The monoisotopic (exact) mass is 341 g/mol. The number of benzene rings is 2. The van der Waals surface area contributed by atoms with E-state index >= 15 is 0 Å². The molecule has 0 unspecified atom stereocenters. The highest BCUT2D eigenvalue weighted by Crippen LogP contribution is 2.26. The van der Waals surface area contributed by atoms with E-state index < -0.39 is 0 Å². The lowest BCUT2D eigenvalue weighted by Gasteiger charge is -2.11. The SMILES string of the molecule is Cc1cccc(NCc2ccc(-n3ccnc3)cc2)c1Br. The highest BCUT2D eigenvalue weighted by molar-refractivity contribution is 9.10. The average Bonchev–Trinajstić information content (AvgIpc) is 3.04. The fraction of sp³-hybridized carbons (Fsp3) is 0.118. The maximum absolute atomic E-state index is 4.06. The highest BCUT2D eigenvalue weighted by atomic mass is 79.9. The molecule has 3 rings (SSSR count). The van der Waals surface area contributed by atoms with Crippen molar-refractivity contribution < 1.29 is 0 Å². The molecular formula is C17H16BrN3. The van der Waals surface area contributed by atoms with Crippen molar-refractivity contribution in [2.24, 2.45) is 0 Å². The Kier molecular flexibility index (Phi) is 4.06. The van der Waals surface area contributed by atoms with E-state index in [-0.39, 0.29) is 0 Å². The minimum absolute atomic E-state index is 0.798. The lowest BCUT2D eigenvalue weighted by Crippen LogP contribution is -2.01. The minimum atomic E-state index is 0.798. The van der Waals surface area contributed by atoms with E-state index in [1.165, 1.54) is 11.1 Å². The maximum Gasteiger partial charge on any atom is 0.0991 e. The topological polar surface area (TPSA) is 29.9 Å². The first-order valence-electron chi connectivity index (χ1n) is 6.80. The van der Waals surface area contributed by atoms with E-state index in [1.54, 1.807) is 12.5 Å². The van der Waals surface area contributed by atoms with Crippen LogP contribution in [0.1, 0.15) is 11.1 Å². The molecule has 0 aliphatic heterocycles. The van der Waals surface area contributed by atoms with E-state index in [4.69, 9.17) is 0 Å². The van der Waals surface area contributed by atoms with Gasteiger partial charge in [-0.2, -0.15) is 0 Å². The van der Waals surface area contributed by atoms with Crippen molar-refractivity contribution in [2.45, 2.75) is 13.5 Å². The molecular weight excluding hydrogens is 326 g/mol. The third-order valence-corrected chi connectivity index (χ3v) is 4.47. The van der Waals surface area contributed by atoms with Gasteiger partial charge in [0.2, 0.25) is 0 Å². The van der Waals surface area contributed by atoms with Gasteiger partial charge in [-0.25, -0.2) is 4.98 Å². The summed E-state index contributed by atoms with van der Waals surface area (Å²) in [6, 6.07) is 14.7. The van der Waals surface area contributed by atoms with Crippen molar-refractivity contribution in [3.05, 3.63) is 76.8 Å². The standard InChI is InChI=1S/C17H16BrN3/c1-13-3-2-4-16(17(13)18)20-11-14-5-7-15(8-6-14)21-10-9-19-12-21/h2-10,12,20H,11H2,1H3. The minimum Gasteiger partial charge on any atom is -0.380 e. The van der Waals surface area contributed by atoms with Gasteiger partial charge in [-0.3, -0.25) is 0 Å². The number of nitrogens with one attached hydrogen (secondary N) is 1. The van der Waals surface area contributed by atoms with Gasteiger partial charge in [0.25, 0.3) is 0 Å². The highest BCUT2D eigenvalue weighted by Gasteiger charge is 2.02. The third-order valence-electron chi connectivity index (χ3n) is 3.41. The number of halogens is 1. The Hall–Kier alpha value is -2.07. The lowest BCUT2D eigenvalue weighted by atomic mass is 10.2. The predicted octanol–water partition coefficient (Wildman–Crippen LogP) is 4.56.